The second-order valence-corrected chi connectivity index (χ2v) is 12.1. The van der Waals surface area contributed by atoms with Crippen LogP contribution in [-0.2, 0) is 0 Å². The average Bonchev–Trinajstić information content (AvgIpc) is 3.79. The zero-order valence-corrected chi connectivity index (χ0v) is 25.2. The second-order valence-electron chi connectivity index (χ2n) is 12.1. The van der Waals surface area contributed by atoms with Gasteiger partial charge in [0.05, 0.1) is 33.7 Å². The lowest BCUT2D eigenvalue weighted by atomic mass is 10.0. The van der Waals surface area contributed by atoms with Gasteiger partial charge in [0.25, 0.3) is 0 Å². The van der Waals surface area contributed by atoms with E-state index < -0.39 is 0 Å². The van der Waals surface area contributed by atoms with Gasteiger partial charge in [-0.2, -0.15) is 5.26 Å². The van der Waals surface area contributed by atoms with E-state index in [9.17, 15) is 5.26 Å². The third-order valence-electron chi connectivity index (χ3n) is 9.52. The summed E-state index contributed by atoms with van der Waals surface area (Å²) >= 11 is 0. The summed E-state index contributed by atoms with van der Waals surface area (Å²) < 4.78 is 10.9. The van der Waals surface area contributed by atoms with Crippen molar-refractivity contribution in [3.05, 3.63) is 157 Å². The molecule has 0 aliphatic rings. The molecule has 0 spiro atoms. The number of para-hydroxylation sites is 4. The third-order valence-corrected chi connectivity index (χ3v) is 9.52. The molecular formula is C43H25N3O. The van der Waals surface area contributed by atoms with Crippen molar-refractivity contribution in [1.29, 1.82) is 5.26 Å². The van der Waals surface area contributed by atoms with Crippen LogP contribution in [0.25, 0.3) is 88.1 Å². The minimum atomic E-state index is 0.616. The van der Waals surface area contributed by atoms with Gasteiger partial charge in [-0.15, -0.1) is 0 Å². The monoisotopic (exact) mass is 599 g/mol. The van der Waals surface area contributed by atoms with E-state index in [0.29, 0.717) is 5.56 Å². The van der Waals surface area contributed by atoms with Gasteiger partial charge >= 0.3 is 0 Å². The molecule has 0 unspecified atom stereocenters. The number of furan rings is 1. The first-order valence-corrected chi connectivity index (χ1v) is 15.7. The molecule has 0 amide bonds. The van der Waals surface area contributed by atoms with E-state index in [2.05, 4.69) is 143 Å². The zero-order valence-electron chi connectivity index (χ0n) is 25.2. The van der Waals surface area contributed by atoms with E-state index in [4.69, 9.17) is 4.42 Å². The Kier molecular flexibility index (Phi) is 5.32. The molecule has 4 nitrogen and oxygen atoms in total. The normalized spacial score (nSPS) is 11.8. The summed E-state index contributed by atoms with van der Waals surface area (Å²) in [5.41, 5.74) is 11.0. The van der Waals surface area contributed by atoms with E-state index in [1.54, 1.807) is 0 Å². The minimum absolute atomic E-state index is 0.616. The van der Waals surface area contributed by atoms with Crippen LogP contribution in [0.15, 0.2) is 156 Å². The maximum Gasteiger partial charge on any atom is 0.136 e. The molecule has 10 rings (SSSR count). The van der Waals surface area contributed by atoms with Gasteiger partial charge in [0, 0.05) is 43.7 Å². The molecular weight excluding hydrogens is 574 g/mol. The Hall–Kier alpha value is -6.57. The first kappa shape index (κ1) is 25.7. The molecule has 0 atom stereocenters. The van der Waals surface area contributed by atoms with E-state index >= 15 is 0 Å². The Morgan fingerprint density at radius 3 is 1.72 bits per heavy atom. The lowest BCUT2D eigenvalue weighted by Crippen LogP contribution is -1.96. The van der Waals surface area contributed by atoms with Gasteiger partial charge in [-0.3, -0.25) is 0 Å². The SMILES string of the molecule is N#Cc1cc(-c2ccc(-n3c4ccccc4c4ccccc43)cc2)cc(-n2c3ccccc3c3c4c(ccc32)oc2ccccc24)c1. The number of nitrogens with zero attached hydrogens (tertiary/aromatic N) is 3. The molecule has 0 N–H and O–H groups in total. The summed E-state index contributed by atoms with van der Waals surface area (Å²) in [7, 11) is 0. The van der Waals surface area contributed by atoms with Crippen molar-refractivity contribution in [1.82, 2.24) is 9.13 Å². The summed E-state index contributed by atoms with van der Waals surface area (Å²) in [6.45, 7) is 0. The van der Waals surface area contributed by atoms with Crippen LogP contribution in [0.3, 0.4) is 0 Å². The molecule has 0 bridgehead atoms. The molecule has 218 valence electrons. The predicted molar refractivity (Wildman–Crippen MR) is 193 cm³/mol. The van der Waals surface area contributed by atoms with Crippen molar-refractivity contribution >= 4 is 65.6 Å². The number of nitriles is 1. The summed E-state index contributed by atoms with van der Waals surface area (Å²) in [5, 5.41) is 17.2. The van der Waals surface area contributed by atoms with Crippen LogP contribution in [0.4, 0.5) is 0 Å². The number of rotatable bonds is 3. The Labute approximate surface area is 269 Å². The maximum absolute atomic E-state index is 10.2. The van der Waals surface area contributed by atoms with Crippen molar-refractivity contribution in [2.45, 2.75) is 0 Å². The molecule has 3 aromatic heterocycles. The van der Waals surface area contributed by atoms with Crippen LogP contribution in [0.2, 0.25) is 0 Å². The summed E-state index contributed by atoms with van der Waals surface area (Å²) in [6.07, 6.45) is 0. The highest BCUT2D eigenvalue weighted by atomic mass is 16.3. The smallest absolute Gasteiger partial charge is 0.136 e. The van der Waals surface area contributed by atoms with Crippen LogP contribution in [0.1, 0.15) is 5.56 Å². The highest BCUT2D eigenvalue weighted by molar-refractivity contribution is 6.27. The van der Waals surface area contributed by atoms with E-state index in [1.807, 2.05) is 24.3 Å². The van der Waals surface area contributed by atoms with Gasteiger partial charge < -0.3 is 13.6 Å². The van der Waals surface area contributed by atoms with Crippen LogP contribution in [0.5, 0.6) is 0 Å². The number of hydrogen-bond donors (Lipinski definition) is 0. The fraction of sp³-hybridized carbons (Fsp3) is 0. The fourth-order valence-electron chi connectivity index (χ4n) is 7.53. The molecule has 0 radical (unpaired) electrons. The molecule has 0 aliphatic heterocycles. The molecule has 0 saturated heterocycles. The Bertz CT molecular complexity index is 2860. The van der Waals surface area contributed by atoms with Crippen LogP contribution >= 0.6 is 0 Å². The average molecular weight is 600 g/mol. The lowest BCUT2D eigenvalue weighted by molar-refractivity contribution is 0.669. The van der Waals surface area contributed by atoms with Gasteiger partial charge in [-0.25, -0.2) is 0 Å². The standard InChI is InChI=1S/C43H25N3O/c44-26-27-23-29(28-17-19-30(20-18-28)45-36-13-5-1-9-32(36)33-10-2-6-14-37(33)45)25-31(24-27)46-38-15-7-3-11-34(38)42-39(46)21-22-41-43(42)35-12-4-8-16-40(35)47-41/h1-25H. The molecule has 4 heteroatoms. The Morgan fingerprint density at radius 2 is 1.02 bits per heavy atom. The number of benzene rings is 7. The van der Waals surface area contributed by atoms with E-state index in [1.165, 1.54) is 21.8 Å². The van der Waals surface area contributed by atoms with Crippen molar-refractivity contribution in [3.8, 4) is 28.6 Å². The highest BCUT2D eigenvalue weighted by Gasteiger charge is 2.19. The summed E-state index contributed by atoms with van der Waals surface area (Å²) in [5.74, 6) is 0. The summed E-state index contributed by atoms with van der Waals surface area (Å²) in [4.78, 5) is 0. The largest absolute Gasteiger partial charge is 0.456 e. The summed E-state index contributed by atoms with van der Waals surface area (Å²) in [6, 6.07) is 55.3. The molecule has 3 heterocycles. The van der Waals surface area contributed by atoms with Gasteiger partial charge in [-0.05, 0) is 77.9 Å². The molecule has 0 aliphatic carbocycles. The van der Waals surface area contributed by atoms with Crippen molar-refractivity contribution in [2.75, 3.05) is 0 Å². The fourth-order valence-corrected chi connectivity index (χ4v) is 7.53. The van der Waals surface area contributed by atoms with Gasteiger partial charge in [0.2, 0.25) is 0 Å². The van der Waals surface area contributed by atoms with Gasteiger partial charge in [0.1, 0.15) is 11.2 Å². The predicted octanol–water partition coefficient (Wildman–Crippen LogP) is 11.3. The topological polar surface area (TPSA) is 46.8 Å². The molecule has 10 aromatic rings. The molecule has 7 aromatic carbocycles. The minimum Gasteiger partial charge on any atom is -0.456 e. The molecule has 47 heavy (non-hydrogen) atoms. The number of fused-ring (bicyclic) bond motifs is 10. The van der Waals surface area contributed by atoms with Crippen LogP contribution < -0.4 is 0 Å². The maximum atomic E-state index is 10.2. The highest BCUT2D eigenvalue weighted by Crippen LogP contribution is 2.41. The van der Waals surface area contributed by atoms with Gasteiger partial charge in [-0.1, -0.05) is 84.9 Å². The quantitative estimate of drug-likeness (QED) is 0.203. The Morgan fingerprint density at radius 1 is 0.426 bits per heavy atom. The van der Waals surface area contributed by atoms with Crippen LogP contribution in [0, 0.1) is 11.3 Å². The number of aromatic nitrogens is 2. The number of hydrogen-bond acceptors (Lipinski definition) is 2. The molecule has 0 saturated carbocycles. The first-order valence-electron chi connectivity index (χ1n) is 15.7. The second kappa shape index (κ2) is 9.71. The first-order chi connectivity index (χ1) is 23.3. The van der Waals surface area contributed by atoms with Crippen molar-refractivity contribution in [2.24, 2.45) is 0 Å². The van der Waals surface area contributed by atoms with Crippen molar-refractivity contribution < 1.29 is 4.42 Å². The van der Waals surface area contributed by atoms with Crippen LogP contribution in [-0.4, -0.2) is 9.13 Å². The zero-order chi connectivity index (χ0) is 31.1. The lowest BCUT2D eigenvalue weighted by Gasteiger charge is -2.13. The van der Waals surface area contributed by atoms with E-state index in [-0.39, 0.29) is 0 Å². The van der Waals surface area contributed by atoms with Crippen molar-refractivity contribution in [3.63, 3.8) is 0 Å². The third kappa shape index (κ3) is 3.69. The van der Waals surface area contributed by atoms with E-state index in [0.717, 1.165) is 66.2 Å². The molecule has 0 fully saturated rings. The van der Waals surface area contributed by atoms with Gasteiger partial charge in [0.15, 0.2) is 0 Å². The Balaban J connectivity index is 1.17.